The maximum Gasteiger partial charge on any atom is 0.401 e. The van der Waals surface area contributed by atoms with E-state index in [-0.39, 0.29) is 48.5 Å². The van der Waals surface area contributed by atoms with Gasteiger partial charge < -0.3 is 20.3 Å². The van der Waals surface area contributed by atoms with Crippen molar-refractivity contribution in [3.63, 3.8) is 0 Å². The molecule has 39 heavy (non-hydrogen) atoms. The Kier molecular flexibility index (Phi) is 9.97. The second kappa shape index (κ2) is 12.6. The highest BCUT2D eigenvalue weighted by molar-refractivity contribution is 7.18. The summed E-state index contributed by atoms with van der Waals surface area (Å²) in [5.74, 6) is -2.79. The summed E-state index contributed by atoms with van der Waals surface area (Å²) in [6, 6.07) is 5.16. The van der Waals surface area contributed by atoms with Gasteiger partial charge in [-0.05, 0) is 35.7 Å². The molecule has 14 heteroatoms. The van der Waals surface area contributed by atoms with Crippen molar-refractivity contribution < 1.29 is 36.7 Å². The summed E-state index contributed by atoms with van der Waals surface area (Å²) in [6.07, 6.45) is -4.65. The van der Waals surface area contributed by atoms with E-state index >= 15 is 0 Å². The number of hydrogen-bond acceptors (Lipinski definition) is 6. The zero-order chi connectivity index (χ0) is 29.0. The van der Waals surface area contributed by atoms with E-state index in [4.69, 9.17) is 16.3 Å². The minimum Gasteiger partial charge on any atom is -0.370 e. The van der Waals surface area contributed by atoms with Crippen LogP contribution in [0.25, 0.3) is 0 Å². The SMILES string of the molecule is CC(C)(C)CN(CC(F)(F)F)[C@H](CNC(=O)c1ccc(Cl)s1)C(=O)Nc1ccc(N2CCOCC2=O)cc1F. The monoisotopic (exact) mass is 592 g/mol. The molecule has 0 bridgehead atoms. The number of carbonyl (C=O) groups is 3. The normalized spacial score (nSPS) is 15.4. The van der Waals surface area contributed by atoms with E-state index in [1.54, 1.807) is 20.8 Å². The number of benzene rings is 1. The fraction of sp³-hybridized carbons (Fsp3) is 0.480. The number of amides is 3. The number of anilines is 2. The summed E-state index contributed by atoms with van der Waals surface area (Å²) in [4.78, 5) is 40.4. The van der Waals surface area contributed by atoms with Gasteiger partial charge >= 0.3 is 6.18 Å². The van der Waals surface area contributed by atoms with Crippen molar-refractivity contribution >= 4 is 52.0 Å². The van der Waals surface area contributed by atoms with Crippen LogP contribution in [0.4, 0.5) is 28.9 Å². The van der Waals surface area contributed by atoms with Crippen LogP contribution in [0.15, 0.2) is 30.3 Å². The van der Waals surface area contributed by atoms with Gasteiger partial charge in [0.1, 0.15) is 18.5 Å². The molecule has 214 valence electrons. The van der Waals surface area contributed by atoms with Crippen LogP contribution in [-0.2, 0) is 14.3 Å². The molecular weight excluding hydrogens is 564 g/mol. The van der Waals surface area contributed by atoms with Gasteiger partial charge in [0.15, 0.2) is 0 Å². The summed E-state index contributed by atoms with van der Waals surface area (Å²) in [5.41, 5.74) is -0.677. The number of morpholine rings is 1. The average molecular weight is 593 g/mol. The van der Waals surface area contributed by atoms with Gasteiger partial charge in [0, 0.05) is 25.3 Å². The minimum atomic E-state index is -4.65. The molecule has 0 radical (unpaired) electrons. The summed E-state index contributed by atoms with van der Waals surface area (Å²) < 4.78 is 61.0. The Hall–Kier alpha value is -2.74. The summed E-state index contributed by atoms with van der Waals surface area (Å²) in [5, 5.41) is 4.85. The lowest BCUT2D eigenvalue weighted by Crippen LogP contribution is -2.55. The summed E-state index contributed by atoms with van der Waals surface area (Å²) in [7, 11) is 0. The van der Waals surface area contributed by atoms with Crippen LogP contribution in [0, 0.1) is 11.2 Å². The zero-order valence-electron chi connectivity index (χ0n) is 21.5. The van der Waals surface area contributed by atoms with Crippen molar-refractivity contribution in [3.05, 3.63) is 45.4 Å². The molecular formula is C25H29ClF4N4O4S. The molecule has 1 atom stereocenters. The average Bonchev–Trinajstić information content (AvgIpc) is 3.25. The van der Waals surface area contributed by atoms with E-state index in [0.717, 1.165) is 22.3 Å². The van der Waals surface area contributed by atoms with Gasteiger partial charge in [-0.2, -0.15) is 13.2 Å². The minimum absolute atomic E-state index is 0.145. The van der Waals surface area contributed by atoms with Gasteiger partial charge in [-0.15, -0.1) is 11.3 Å². The molecule has 2 aromatic rings. The Labute approximate surface area is 232 Å². The van der Waals surface area contributed by atoms with Crippen molar-refractivity contribution in [2.75, 3.05) is 49.6 Å². The van der Waals surface area contributed by atoms with Crippen LogP contribution < -0.4 is 15.5 Å². The molecule has 0 unspecified atom stereocenters. The van der Waals surface area contributed by atoms with Crippen molar-refractivity contribution in [1.29, 1.82) is 0 Å². The third-order valence-corrected chi connectivity index (χ3v) is 6.79. The molecule has 1 aromatic heterocycles. The second-order valence-corrected chi connectivity index (χ2v) is 11.9. The molecule has 0 saturated carbocycles. The Bertz CT molecular complexity index is 1190. The van der Waals surface area contributed by atoms with Crippen LogP contribution >= 0.6 is 22.9 Å². The van der Waals surface area contributed by atoms with Gasteiger partial charge in [-0.1, -0.05) is 32.4 Å². The number of ether oxygens (including phenoxy) is 1. The molecule has 0 aliphatic carbocycles. The molecule has 1 aromatic carbocycles. The van der Waals surface area contributed by atoms with Crippen LogP contribution in [0.3, 0.4) is 0 Å². The number of halogens is 5. The van der Waals surface area contributed by atoms with Gasteiger partial charge in [-0.3, -0.25) is 19.3 Å². The van der Waals surface area contributed by atoms with Crippen molar-refractivity contribution in [1.82, 2.24) is 10.2 Å². The predicted octanol–water partition coefficient (Wildman–Crippen LogP) is 4.55. The van der Waals surface area contributed by atoms with Crippen molar-refractivity contribution in [3.8, 4) is 0 Å². The number of thiophene rings is 1. The van der Waals surface area contributed by atoms with Gasteiger partial charge in [0.2, 0.25) is 5.91 Å². The summed E-state index contributed by atoms with van der Waals surface area (Å²) >= 11 is 6.84. The van der Waals surface area contributed by atoms with E-state index < -0.39 is 48.4 Å². The number of nitrogens with zero attached hydrogens (tertiary/aromatic N) is 2. The molecule has 1 saturated heterocycles. The Balaban J connectivity index is 1.85. The van der Waals surface area contributed by atoms with Crippen molar-refractivity contribution in [2.24, 2.45) is 5.41 Å². The fourth-order valence-corrected chi connectivity index (χ4v) is 4.96. The molecule has 3 rings (SSSR count). The topological polar surface area (TPSA) is 91.0 Å². The standard InChI is InChI=1S/C25H29ClF4N4O4S/c1-24(2,3)13-33(14-25(28,29)30)18(11-31-23(37)19-6-7-20(26)39-19)22(36)32-17-5-4-15(10-16(17)27)34-8-9-38-12-21(34)35/h4-7,10,18H,8-9,11-14H2,1-3H3,(H,31,37)(H,32,36)/t18-/m1/s1. The van der Waals surface area contributed by atoms with E-state index in [9.17, 15) is 31.9 Å². The first-order valence-electron chi connectivity index (χ1n) is 12.0. The highest BCUT2D eigenvalue weighted by Gasteiger charge is 2.38. The van der Waals surface area contributed by atoms with Gasteiger partial charge in [-0.25, -0.2) is 4.39 Å². The smallest absolute Gasteiger partial charge is 0.370 e. The number of hydrogen-bond donors (Lipinski definition) is 2. The van der Waals surface area contributed by atoms with Crippen molar-refractivity contribution in [2.45, 2.75) is 33.0 Å². The fourth-order valence-electron chi connectivity index (χ4n) is 4.00. The number of alkyl halides is 3. The molecule has 2 N–H and O–H groups in total. The molecule has 8 nitrogen and oxygen atoms in total. The maximum atomic E-state index is 15.0. The van der Waals surface area contributed by atoms with Crippen LogP contribution in [0.2, 0.25) is 4.34 Å². The second-order valence-electron chi connectivity index (χ2n) is 10.2. The Morgan fingerprint density at radius 1 is 1.18 bits per heavy atom. The number of rotatable bonds is 9. The van der Waals surface area contributed by atoms with Gasteiger partial charge in [0.25, 0.3) is 11.8 Å². The molecule has 1 fully saturated rings. The van der Waals surface area contributed by atoms with Crippen LogP contribution in [0.1, 0.15) is 30.4 Å². The largest absolute Gasteiger partial charge is 0.401 e. The predicted molar refractivity (Wildman–Crippen MR) is 141 cm³/mol. The van der Waals surface area contributed by atoms with E-state index in [0.29, 0.717) is 4.34 Å². The first-order chi connectivity index (χ1) is 18.1. The van der Waals surface area contributed by atoms with Crippen LogP contribution in [-0.4, -0.2) is 74.2 Å². The zero-order valence-corrected chi connectivity index (χ0v) is 23.1. The Morgan fingerprint density at radius 2 is 1.90 bits per heavy atom. The van der Waals surface area contributed by atoms with Gasteiger partial charge in [0.05, 0.1) is 28.1 Å². The number of nitrogens with one attached hydrogen (secondary N) is 2. The molecule has 1 aliphatic rings. The molecule has 3 amide bonds. The lowest BCUT2D eigenvalue weighted by molar-refractivity contribution is -0.156. The van der Waals surface area contributed by atoms with E-state index in [2.05, 4.69) is 10.6 Å². The highest BCUT2D eigenvalue weighted by atomic mass is 35.5. The maximum absolute atomic E-state index is 15.0. The third-order valence-electron chi connectivity index (χ3n) is 5.56. The number of carbonyl (C=O) groups excluding carboxylic acids is 3. The molecule has 2 heterocycles. The van der Waals surface area contributed by atoms with E-state index in [1.165, 1.54) is 29.2 Å². The quantitative estimate of drug-likeness (QED) is 0.417. The van der Waals surface area contributed by atoms with Crippen LogP contribution in [0.5, 0.6) is 0 Å². The Morgan fingerprint density at radius 3 is 2.46 bits per heavy atom. The first-order valence-corrected chi connectivity index (χ1v) is 13.2. The molecule has 1 aliphatic heterocycles. The lowest BCUT2D eigenvalue weighted by Gasteiger charge is -2.36. The van der Waals surface area contributed by atoms with E-state index in [1.807, 2.05) is 0 Å². The first kappa shape index (κ1) is 30.8. The lowest BCUT2D eigenvalue weighted by atomic mass is 9.95. The molecule has 0 spiro atoms. The third kappa shape index (κ3) is 9.16. The highest BCUT2D eigenvalue weighted by Crippen LogP contribution is 2.27. The summed E-state index contributed by atoms with van der Waals surface area (Å²) in [6.45, 7) is 3.44.